The summed E-state index contributed by atoms with van der Waals surface area (Å²) >= 11 is 6.14. The van der Waals surface area contributed by atoms with Crippen LogP contribution in [0.25, 0.3) is 22.2 Å². The number of rotatable bonds is 5. The van der Waals surface area contributed by atoms with Gasteiger partial charge < -0.3 is 10.1 Å². The second kappa shape index (κ2) is 8.78. The van der Waals surface area contributed by atoms with Crippen molar-refractivity contribution in [3.63, 3.8) is 0 Å². The summed E-state index contributed by atoms with van der Waals surface area (Å²) in [5.74, 6) is 0.576. The van der Waals surface area contributed by atoms with Gasteiger partial charge in [-0.25, -0.2) is 4.98 Å². The summed E-state index contributed by atoms with van der Waals surface area (Å²) in [6, 6.07) is 21.0. The van der Waals surface area contributed by atoms with Gasteiger partial charge in [0, 0.05) is 21.7 Å². The Kier molecular flexibility index (Phi) is 5.92. The highest BCUT2D eigenvalue weighted by Gasteiger charge is 2.16. The van der Waals surface area contributed by atoms with Gasteiger partial charge in [0.1, 0.15) is 5.75 Å². The van der Waals surface area contributed by atoms with Crippen LogP contribution in [-0.2, 0) is 6.42 Å². The number of nitrogens with zero attached hydrogens (tertiary/aromatic N) is 1. The first-order valence-electron chi connectivity index (χ1n) is 10.1. The molecule has 0 unspecified atom stereocenters. The van der Waals surface area contributed by atoms with E-state index in [4.69, 9.17) is 21.3 Å². The molecular weight excluding hydrogens is 408 g/mol. The first-order chi connectivity index (χ1) is 15.0. The third kappa shape index (κ3) is 4.39. The summed E-state index contributed by atoms with van der Waals surface area (Å²) in [7, 11) is 1.63. The van der Waals surface area contributed by atoms with E-state index in [0.717, 1.165) is 45.5 Å². The Morgan fingerprint density at radius 2 is 1.81 bits per heavy atom. The molecular formula is C26H23ClN2O2. The molecule has 0 aliphatic heterocycles. The molecule has 0 fully saturated rings. The number of halogens is 1. The molecule has 0 spiro atoms. The van der Waals surface area contributed by atoms with Crippen LogP contribution >= 0.6 is 11.6 Å². The zero-order valence-corrected chi connectivity index (χ0v) is 18.5. The van der Waals surface area contributed by atoms with Crippen molar-refractivity contribution in [2.75, 3.05) is 12.4 Å². The minimum absolute atomic E-state index is 0.194. The number of methoxy groups -OCH3 is 1. The molecule has 0 bridgehead atoms. The molecule has 1 heterocycles. The molecule has 5 heteroatoms. The lowest BCUT2D eigenvalue weighted by Gasteiger charge is -2.13. The highest BCUT2D eigenvalue weighted by atomic mass is 35.5. The van der Waals surface area contributed by atoms with E-state index < -0.39 is 0 Å². The molecule has 31 heavy (non-hydrogen) atoms. The third-order valence-electron chi connectivity index (χ3n) is 5.36. The Bertz CT molecular complexity index is 1270. The topological polar surface area (TPSA) is 51.2 Å². The van der Waals surface area contributed by atoms with Crippen molar-refractivity contribution >= 4 is 34.1 Å². The maximum absolute atomic E-state index is 13.4. The van der Waals surface area contributed by atoms with Crippen LogP contribution in [0.1, 0.15) is 28.4 Å². The van der Waals surface area contributed by atoms with Crippen LogP contribution < -0.4 is 10.1 Å². The maximum Gasteiger partial charge on any atom is 0.256 e. The fourth-order valence-corrected chi connectivity index (χ4v) is 3.68. The number of aryl methyl sites for hydroxylation is 2. The number of anilines is 1. The van der Waals surface area contributed by atoms with Crippen molar-refractivity contribution in [3.8, 4) is 17.0 Å². The molecule has 1 N–H and O–H groups in total. The van der Waals surface area contributed by atoms with Crippen molar-refractivity contribution in [3.05, 3.63) is 88.4 Å². The number of carbonyl (C=O) groups is 1. The Labute approximate surface area is 186 Å². The van der Waals surface area contributed by atoms with Crippen molar-refractivity contribution < 1.29 is 9.53 Å². The first kappa shape index (κ1) is 20.9. The van der Waals surface area contributed by atoms with E-state index in [-0.39, 0.29) is 5.91 Å². The standard InChI is InChI=1S/C26H23ClN2O2/c1-4-17-6-12-23-21(13-17)22(26(30)29-24-14-19(27)9-5-16(24)2)15-25(28-23)18-7-10-20(31-3)11-8-18/h5-15H,4H2,1-3H3,(H,29,30). The summed E-state index contributed by atoms with van der Waals surface area (Å²) in [5.41, 5.74) is 5.78. The minimum atomic E-state index is -0.194. The predicted octanol–water partition coefficient (Wildman–Crippen LogP) is 6.69. The lowest BCUT2D eigenvalue weighted by Crippen LogP contribution is -2.14. The number of aromatic nitrogens is 1. The molecule has 156 valence electrons. The van der Waals surface area contributed by atoms with E-state index in [1.54, 1.807) is 13.2 Å². The van der Waals surface area contributed by atoms with Gasteiger partial charge in [-0.2, -0.15) is 0 Å². The van der Waals surface area contributed by atoms with Crippen LogP contribution in [0.15, 0.2) is 66.7 Å². The summed E-state index contributed by atoms with van der Waals surface area (Å²) in [6.45, 7) is 4.03. The predicted molar refractivity (Wildman–Crippen MR) is 127 cm³/mol. The molecule has 0 atom stereocenters. The molecule has 0 radical (unpaired) electrons. The average Bonchev–Trinajstić information content (AvgIpc) is 2.80. The number of pyridine rings is 1. The lowest BCUT2D eigenvalue weighted by atomic mass is 10.0. The number of hydrogen-bond acceptors (Lipinski definition) is 3. The van der Waals surface area contributed by atoms with Gasteiger partial charge in [0.05, 0.1) is 23.9 Å². The zero-order valence-electron chi connectivity index (χ0n) is 17.7. The van der Waals surface area contributed by atoms with Crippen molar-refractivity contribution in [2.24, 2.45) is 0 Å². The largest absolute Gasteiger partial charge is 0.497 e. The number of amides is 1. The molecule has 4 aromatic rings. The van der Waals surface area contributed by atoms with Gasteiger partial charge in [-0.15, -0.1) is 0 Å². The molecule has 1 amide bonds. The molecule has 0 saturated carbocycles. The normalized spacial score (nSPS) is 10.8. The van der Waals surface area contributed by atoms with Crippen LogP contribution in [0.2, 0.25) is 5.02 Å². The fourth-order valence-electron chi connectivity index (χ4n) is 3.51. The molecule has 4 nitrogen and oxygen atoms in total. The second-order valence-electron chi connectivity index (χ2n) is 7.40. The van der Waals surface area contributed by atoms with E-state index in [1.807, 2.05) is 61.5 Å². The number of fused-ring (bicyclic) bond motifs is 1. The van der Waals surface area contributed by atoms with Crippen molar-refractivity contribution in [1.29, 1.82) is 0 Å². The summed E-state index contributed by atoms with van der Waals surface area (Å²) in [6.07, 6.45) is 0.880. The molecule has 0 aliphatic carbocycles. The van der Waals surface area contributed by atoms with Crippen LogP contribution in [0.3, 0.4) is 0 Å². The Morgan fingerprint density at radius 1 is 1.03 bits per heavy atom. The first-order valence-corrected chi connectivity index (χ1v) is 10.5. The number of nitrogens with one attached hydrogen (secondary N) is 1. The van der Waals surface area contributed by atoms with E-state index in [2.05, 4.69) is 18.3 Å². The molecule has 4 rings (SSSR count). The second-order valence-corrected chi connectivity index (χ2v) is 7.84. The molecule has 0 saturated heterocycles. The van der Waals surface area contributed by atoms with Gasteiger partial charge in [-0.05, 0) is 79.1 Å². The van der Waals surface area contributed by atoms with E-state index in [1.165, 1.54) is 0 Å². The van der Waals surface area contributed by atoms with Crippen LogP contribution in [0, 0.1) is 6.92 Å². The lowest BCUT2D eigenvalue weighted by molar-refractivity contribution is 0.102. The van der Waals surface area contributed by atoms with Gasteiger partial charge >= 0.3 is 0 Å². The van der Waals surface area contributed by atoms with Crippen LogP contribution in [-0.4, -0.2) is 18.0 Å². The number of ether oxygens (including phenoxy) is 1. The van der Waals surface area contributed by atoms with E-state index in [0.29, 0.717) is 16.3 Å². The quantitative estimate of drug-likeness (QED) is 0.384. The monoisotopic (exact) mass is 430 g/mol. The molecule has 3 aromatic carbocycles. The zero-order chi connectivity index (χ0) is 22.0. The van der Waals surface area contributed by atoms with Crippen molar-refractivity contribution in [2.45, 2.75) is 20.3 Å². The molecule has 1 aromatic heterocycles. The number of benzene rings is 3. The minimum Gasteiger partial charge on any atom is -0.497 e. The van der Waals surface area contributed by atoms with Gasteiger partial charge in [0.15, 0.2) is 0 Å². The highest BCUT2D eigenvalue weighted by molar-refractivity contribution is 6.31. The van der Waals surface area contributed by atoms with Gasteiger partial charge in [-0.3, -0.25) is 4.79 Å². The number of carbonyl (C=O) groups excluding carboxylic acids is 1. The van der Waals surface area contributed by atoms with Crippen LogP contribution in [0.5, 0.6) is 5.75 Å². The SMILES string of the molecule is CCc1ccc2nc(-c3ccc(OC)cc3)cc(C(=O)Nc3cc(Cl)ccc3C)c2c1. The Balaban J connectivity index is 1.83. The van der Waals surface area contributed by atoms with Gasteiger partial charge in [0.2, 0.25) is 0 Å². The van der Waals surface area contributed by atoms with E-state index in [9.17, 15) is 4.79 Å². The van der Waals surface area contributed by atoms with Crippen LogP contribution in [0.4, 0.5) is 5.69 Å². The smallest absolute Gasteiger partial charge is 0.256 e. The summed E-state index contributed by atoms with van der Waals surface area (Å²) in [5, 5.41) is 4.43. The summed E-state index contributed by atoms with van der Waals surface area (Å²) < 4.78 is 5.25. The van der Waals surface area contributed by atoms with Gasteiger partial charge in [-0.1, -0.05) is 30.7 Å². The average molecular weight is 431 g/mol. The Hall–Kier alpha value is -3.37. The van der Waals surface area contributed by atoms with Gasteiger partial charge in [0.25, 0.3) is 5.91 Å². The van der Waals surface area contributed by atoms with E-state index >= 15 is 0 Å². The highest BCUT2D eigenvalue weighted by Crippen LogP contribution is 2.29. The van der Waals surface area contributed by atoms with Crippen molar-refractivity contribution in [1.82, 2.24) is 4.98 Å². The third-order valence-corrected chi connectivity index (χ3v) is 5.59. The fraction of sp³-hybridized carbons (Fsp3) is 0.154. The summed E-state index contributed by atoms with van der Waals surface area (Å²) in [4.78, 5) is 18.2. The molecule has 0 aliphatic rings. The number of hydrogen-bond donors (Lipinski definition) is 1. The maximum atomic E-state index is 13.4. The Morgan fingerprint density at radius 3 is 2.52 bits per heavy atom.